The summed E-state index contributed by atoms with van der Waals surface area (Å²) in [5.41, 5.74) is 6.10. The van der Waals surface area contributed by atoms with E-state index in [1.165, 1.54) is 0 Å². The summed E-state index contributed by atoms with van der Waals surface area (Å²) in [6, 6.07) is 0. The molecule has 15 heavy (non-hydrogen) atoms. The number of hydrogen-bond acceptors (Lipinski definition) is 5. The van der Waals surface area contributed by atoms with Crippen molar-refractivity contribution in [3.8, 4) is 0 Å². The van der Waals surface area contributed by atoms with Gasteiger partial charge in [-0.1, -0.05) is 0 Å². The molecule has 1 aliphatic heterocycles. The molecule has 1 atom stereocenters. The SMILES string of the molecule is Nc1cnc(N2CCCC(CO)C2)nc1. The van der Waals surface area contributed by atoms with Crippen LogP contribution in [0.5, 0.6) is 0 Å². The van der Waals surface area contributed by atoms with Gasteiger partial charge in [0.1, 0.15) is 0 Å². The molecule has 1 unspecified atom stereocenters. The number of aliphatic hydroxyl groups excluding tert-OH is 1. The lowest BCUT2D eigenvalue weighted by atomic mass is 9.99. The predicted molar refractivity (Wildman–Crippen MR) is 58.5 cm³/mol. The number of nitrogen functional groups attached to an aromatic ring is 1. The molecule has 0 radical (unpaired) electrons. The molecule has 0 spiro atoms. The van der Waals surface area contributed by atoms with Crippen molar-refractivity contribution in [3.63, 3.8) is 0 Å². The Morgan fingerprint density at radius 1 is 1.47 bits per heavy atom. The summed E-state index contributed by atoms with van der Waals surface area (Å²) in [4.78, 5) is 10.5. The van der Waals surface area contributed by atoms with Gasteiger partial charge >= 0.3 is 0 Å². The normalized spacial score (nSPS) is 21.7. The molecule has 1 saturated heterocycles. The lowest BCUT2D eigenvalue weighted by Crippen LogP contribution is -2.37. The van der Waals surface area contributed by atoms with E-state index in [0.29, 0.717) is 17.6 Å². The Balaban J connectivity index is 2.06. The number of nitrogens with zero attached hydrogens (tertiary/aromatic N) is 3. The molecule has 82 valence electrons. The van der Waals surface area contributed by atoms with Gasteiger partial charge in [-0.2, -0.15) is 0 Å². The number of aromatic nitrogens is 2. The van der Waals surface area contributed by atoms with Crippen LogP contribution in [0.1, 0.15) is 12.8 Å². The maximum Gasteiger partial charge on any atom is 0.225 e. The highest BCUT2D eigenvalue weighted by molar-refractivity contribution is 5.38. The highest BCUT2D eigenvalue weighted by Gasteiger charge is 2.20. The van der Waals surface area contributed by atoms with Gasteiger partial charge in [0.05, 0.1) is 18.1 Å². The minimum Gasteiger partial charge on any atom is -0.396 e. The van der Waals surface area contributed by atoms with Crippen molar-refractivity contribution in [3.05, 3.63) is 12.4 Å². The highest BCUT2D eigenvalue weighted by atomic mass is 16.3. The van der Waals surface area contributed by atoms with Gasteiger partial charge in [-0.05, 0) is 18.8 Å². The molecule has 1 aromatic rings. The molecule has 5 nitrogen and oxygen atoms in total. The van der Waals surface area contributed by atoms with Crippen LogP contribution in [-0.4, -0.2) is 34.8 Å². The summed E-state index contributed by atoms with van der Waals surface area (Å²) in [7, 11) is 0. The number of piperidine rings is 1. The largest absolute Gasteiger partial charge is 0.396 e. The second kappa shape index (κ2) is 4.44. The molecule has 0 aliphatic carbocycles. The number of anilines is 2. The average Bonchev–Trinajstić information content (AvgIpc) is 2.30. The fourth-order valence-corrected chi connectivity index (χ4v) is 1.89. The fourth-order valence-electron chi connectivity index (χ4n) is 1.89. The second-order valence-corrected chi connectivity index (χ2v) is 3.95. The van der Waals surface area contributed by atoms with Crippen molar-refractivity contribution in [1.29, 1.82) is 0 Å². The zero-order chi connectivity index (χ0) is 10.7. The summed E-state index contributed by atoms with van der Waals surface area (Å²) in [6.45, 7) is 2.03. The Labute approximate surface area is 88.9 Å². The summed E-state index contributed by atoms with van der Waals surface area (Å²) >= 11 is 0. The third kappa shape index (κ3) is 2.36. The summed E-state index contributed by atoms with van der Waals surface area (Å²) in [6.07, 6.45) is 5.40. The van der Waals surface area contributed by atoms with Crippen molar-refractivity contribution >= 4 is 11.6 Å². The Morgan fingerprint density at radius 2 is 2.20 bits per heavy atom. The zero-order valence-corrected chi connectivity index (χ0v) is 8.63. The maximum absolute atomic E-state index is 9.11. The molecular formula is C10H16N4O. The van der Waals surface area contributed by atoms with E-state index in [1.807, 2.05) is 0 Å². The van der Waals surface area contributed by atoms with E-state index < -0.39 is 0 Å². The second-order valence-electron chi connectivity index (χ2n) is 3.95. The van der Waals surface area contributed by atoms with Crippen LogP contribution in [0.3, 0.4) is 0 Å². The first kappa shape index (κ1) is 10.2. The quantitative estimate of drug-likeness (QED) is 0.729. The minimum atomic E-state index is 0.242. The smallest absolute Gasteiger partial charge is 0.225 e. The van der Waals surface area contributed by atoms with Crippen LogP contribution in [0.25, 0.3) is 0 Å². The van der Waals surface area contributed by atoms with Crippen LogP contribution >= 0.6 is 0 Å². The zero-order valence-electron chi connectivity index (χ0n) is 8.63. The Bertz CT molecular complexity index is 314. The van der Waals surface area contributed by atoms with Gasteiger partial charge in [-0.3, -0.25) is 0 Å². The van der Waals surface area contributed by atoms with E-state index in [4.69, 9.17) is 10.8 Å². The molecular weight excluding hydrogens is 192 g/mol. The number of rotatable bonds is 2. The number of aliphatic hydroxyl groups is 1. The van der Waals surface area contributed by atoms with Crippen LogP contribution in [-0.2, 0) is 0 Å². The third-order valence-corrected chi connectivity index (χ3v) is 2.72. The molecule has 2 rings (SSSR count). The van der Waals surface area contributed by atoms with Crippen LogP contribution in [0.4, 0.5) is 11.6 Å². The lowest BCUT2D eigenvalue weighted by molar-refractivity contribution is 0.208. The van der Waals surface area contributed by atoms with E-state index in [1.54, 1.807) is 12.4 Å². The highest BCUT2D eigenvalue weighted by Crippen LogP contribution is 2.19. The molecule has 0 aromatic carbocycles. The molecule has 1 fully saturated rings. The monoisotopic (exact) mass is 208 g/mol. The van der Waals surface area contributed by atoms with Gasteiger partial charge in [-0.25, -0.2) is 9.97 Å². The van der Waals surface area contributed by atoms with E-state index >= 15 is 0 Å². The Kier molecular flexibility index (Phi) is 3.01. The Hall–Kier alpha value is -1.36. The number of hydrogen-bond donors (Lipinski definition) is 2. The predicted octanol–water partition coefficient (Wildman–Crippen LogP) is 0.267. The fraction of sp³-hybridized carbons (Fsp3) is 0.600. The van der Waals surface area contributed by atoms with Gasteiger partial charge in [0.25, 0.3) is 0 Å². The topological polar surface area (TPSA) is 75.3 Å². The molecule has 5 heteroatoms. The molecule has 3 N–H and O–H groups in total. The van der Waals surface area contributed by atoms with Crippen molar-refractivity contribution in [2.75, 3.05) is 30.3 Å². The summed E-state index contributed by atoms with van der Waals surface area (Å²) in [5, 5.41) is 9.11. The van der Waals surface area contributed by atoms with Gasteiger partial charge < -0.3 is 15.7 Å². The van der Waals surface area contributed by atoms with Gasteiger partial charge in [0.2, 0.25) is 5.95 Å². The first-order chi connectivity index (χ1) is 7.29. The first-order valence-corrected chi connectivity index (χ1v) is 5.23. The third-order valence-electron chi connectivity index (χ3n) is 2.72. The first-order valence-electron chi connectivity index (χ1n) is 5.23. The average molecular weight is 208 g/mol. The van der Waals surface area contributed by atoms with Crippen LogP contribution in [0.2, 0.25) is 0 Å². The lowest BCUT2D eigenvalue weighted by Gasteiger charge is -2.31. The summed E-state index contributed by atoms with van der Waals surface area (Å²) < 4.78 is 0. The van der Waals surface area contributed by atoms with Gasteiger partial charge in [-0.15, -0.1) is 0 Å². The molecule has 0 amide bonds. The Morgan fingerprint density at radius 3 is 2.87 bits per heavy atom. The molecule has 2 heterocycles. The van der Waals surface area contributed by atoms with Crippen LogP contribution < -0.4 is 10.6 Å². The number of nitrogens with two attached hydrogens (primary N) is 1. The summed E-state index contributed by atoms with van der Waals surface area (Å²) in [5.74, 6) is 1.06. The van der Waals surface area contributed by atoms with E-state index in [-0.39, 0.29) is 6.61 Å². The molecule has 1 aromatic heterocycles. The molecule has 0 saturated carbocycles. The minimum absolute atomic E-state index is 0.242. The van der Waals surface area contributed by atoms with E-state index in [9.17, 15) is 0 Å². The van der Waals surface area contributed by atoms with Crippen molar-refractivity contribution in [2.24, 2.45) is 5.92 Å². The van der Waals surface area contributed by atoms with Gasteiger partial charge in [0, 0.05) is 19.7 Å². The van der Waals surface area contributed by atoms with Crippen LogP contribution in [0, 0.1) is 5.92 Å². The van der Waals surface area contributed by atoms with Gasteiger partial charge in [0.15, 0.2) is 0 Å². The van der Waals surface area contributed by atoms with Crippen LogP contribution in [0.15, 0.2) is 12.4 Å². The standard InChI is InChI=1S/C10H16N4O/c11-9-4-12-10(13-5-9)14-3-1-2-8(6-14)7-15/h4-5,8,15H,1-3,6-7,11H2. The maximum atomic E-state index is 9.11. The van der Waals surface area contributed by atoms with Crippen molar-refractivity contribution < 1.29 is 5.11 Å². The van der Waals surface area contributed by atoms with Crippen molar-refractivity contribution in [2.45, 2.75) is 12.8 Å². The molecule has 0 bridgehead atoms. The van der Waals surface area contributed by atoms with E-state index in [0.717, 1.165) is 25.9 Å². The molecule has 1 aliphatic rings. The van der Waals surface area contributed by atoms with Crippen molar-refractivity contribution in [1.82, 2.24) is 9.97 Å². The van der Waals surface area contributed by atoms with E-state index in [2.05, 4.69) is 14.9 Å².